The minimum absolute atomic E-state index is 0.0897. The van der Waals surface area contributed by atoms with Crippen LogP contribution in [0.2, 0.25) is 5.02 Å². The number of amides is 1. The Kier molecular flexibility index (Phi) is 7.47. The summed E-state index contributed by atoms with van der Waals surface area (Å²) in [5.41, 5.74) is 1.43. The van der Waals surface area contributed by atoms with Gasteiger partial charge in [0.1, 0.15) is 0 Å². The summed E-state index contributed by atoms with van der Waals surface area (Å²) in [5, 5.41) is 3.34. The first-order valence-corrected chi connectivity index (χ1v) is 9.48. The monoisotopic (exact) mass is 361 g/mol. The molecule has 1 amide bonds. The van der Waals surface area contributed by atoms with Crippen LogP contribution in [0, 0.1) is 6.92 Å². The average Bonchev–Trinajstić information content (AvgIpc) is 2.42. The van der Waals surface area contributed by atoms with Crippen LogP contribution < -0.4 is 5.32 Å². The fourth-order valence-electron chi connectivity index (χ4n) is 1.94. The molecule has 0 aliphatic heterocycles. The second-order valence-electron chi connectivity index (χ2n) is 5.68. The summed E-state index contributed by atoms with van der Waals surface area (Å²) in [6, 6.07) is 5.27. The molecule has 6 nitrogen and oxygen atoms in total. The van der Waals surface area contributed by atoms with Crippen LogP contribution in [-0.2, 0) is 14.8 Å². The Labute approximate surface area is 143 Å². The summed E-state index contributed by atoms with van der Waals surface area (Å²) < 4.78 is 24.9. The van der Waals surface area contributed by atoms with E-state index in [4.69, 9.17) is 11.6 Å². The van der Waals surface area contributed by atoms with E-state index >= 15 is 0 Å². The van der Waals surface area contributed by atoms with Crippen molar-refractivity contribution in [2.24, 2.45) is 0 Å². The highest BCUT2D eigenvalue weighted by atomic mass is 35.5. The molecule has 0 radical (unpaired) electrons. The topological polar surface area (TPSA) is 69.7 Å². The molecule has 0 bridgehead atoms. The SMILES string of the molecule is Cc1c(Cl)cccc1NC(=O)CCN(CCN(C)C)S(C)(=O)=O. The molecule has 1 N–H and O–H groups in total. The number of sulfonamides is 1. The number of hydrogen-bond acceptors (Lipinski definition) is 4. The van der Waals surface area contributed by atoms with Crippen molar-refractivity contribution in [3.63, 3.8) is 0 Å². The van der Waals surface area contributed by atoms with Gasteiger partial charge in [0.15, 0.2) is 0 Å². The van der Waals surface area contributed by atoms with Crippen LogP contribution in [0.15, 0.2) is 18.2 Å². The molecule has 1 rings (SSSR count). The number of hydrogen-bond donors (Lipinski definition) is 1. The van der Waals surface area contributed by atoms with Crippen molar-refractivity contribution in [1.82, 2.24) is 9.21 Å². The summed E-state index contributed by atoms with van der Waals surface area (Å²) in [6.07, 6.45) is 1.24. The lowest BCUT2D eigenvalue weighted by Crippen LogP contribution is -2.37. The third-order valence-electron chi connectivity index (χ3n) is 3.40. The molecule has 8 heteroatoms. The number of anilines is 1. The molecule has 0 saturated carbocycles. The first kappa shape index (κ1) is 19.9. The van der Waals surface area contributed by atoms with Gasteiger partial charge in [-0.1, -0.05) is 17.7 Å². The lowest BCUT2D eigenvalue weighted by atomic mass is 10.2. The van der Waals surface area contributed by atoms with Crippen LogP contribution in [-0.4, -0.2) is 63.5 Å². The van der Waals surface area contributed by atoms with Gasteiger partial charge in [0, 0.05) is 36.8 Å². The van der Waals surface area contributed by atoms with Crippen molar-refractivity contribution in [2.75, 3.05) is 45.3 Å². The number of carbonyl (C=O) groups is 1. The zero-order valence-corrected chi connectivity index (χ0v) is 15.5. The Morgan fingerprint density at radius 3 is 2.43 bits per heavy atom. The fraction of sp³-hybridized carbons (Fsp3) is 0.533. The largest absolute Gasteiger partial charge is 0.326 e. The number of nitrogens with one attached hydrogen (secondary N) is 1. The summed E-state index contributed by atoms with van der Waals surface area (Å²) >= 11 is 6.01. The molecule has 0 aliphatic rings. The molecule has 0 saturated heterocycles. The smallest absolute Gasteiger partial charge is 0.225 e. The predicted molar refractivity (Wildman–Crippen MR) is 94.4 cm³/mol. The Balaban J connectivity index is 2.63. The lowest BCUT2D eigenvalue weighted by Gasteiger charge is -2.21. The van der Waals surface area contributed by atoms with Gasteiger partial charge in [0.2, 0.25) is 15.9 Å². The predicted octanol–water partition coefficient (Wildman–Crippen LogP) is 1.80. The van der Waals surface area contributed by atoms with E-state index in [-0.39, 0.29) is 18.9 Å². The van der Waals surface area contributed by atoms with E-state index in [0.29, 0.717) is 23.8 Å². The third kappa shape index (κ3) is 6.87. The van der Waals surface area contributed by atoms with Crippen LogP contribution in [0.25, 0.3) is 0 Å². The maximum absolute atomic E-state index is 12.1. The van der Waals surface area contributed by atoms with Crippen LogP contribution in [0.5, 0.6) is 0 Å². The number of benzene rings is 1. The van der Waals surface area contributed by atoms with Gasteiger partial charge in [-0.3, -0.25) is 4.79 Å². The number of likely N-dealkylation sites (N-methyl/N-ethyl adjacent to an activating group) is 1. The van der Waals surface area contributed by atoms with Gasteiger partial charge >= 0.3 is 0 Å². The second kappa shape index (κ2) is 8.63. The molecule has 0 spiro atoms. The van der Waals surface area contributed by atoms with Crippen molar-refractivity contribution in [1.29, 1.82) is 0 Å². The Bertz CT molecular complexity index is 647. The number of carbonyl (C=O) groups excluding carboxylic acids is 1. The van der Waals surface area contributed by atoms with E-state index < -0.39 is 10.0 Å². The molecule has 1 aromatic rings. The molecular formula is C15H24ClN3O3S. The highest BCUT2D eigenvalue weighted by Crippen LogP contribution is 2.22. The van der Waals surface area contributed by atoms with Crippen molar-refractivity contribution in [3.8, 4) is 0 Å². The van der Waals surface area contributed by atoms with Crippen LogP contribution in [0.3, 0.4) is 0 Å². The van der Waals surface area contributed by atoms with Gasteiger partial charge in [-0.15, -0.1) is 0 Å². The molecule has 130 valence electrons. The molecule has 0 unspecified atom stereocenters. The molecule has 0 atom stereocenters. The highest BCUT2D eigenvalue weighted by molar-refractivity contribution is 7.88. The first-order valence-electron chi connectivity index (χ1n) is 7.26. The maximum atomic E-state index is 12.1. The van der Waals surface area contributed by atoms with E-state index in [0.717, 1.165) is 11.8 Å². The normalized spacial score (nSPS) is 12.0. The van der Waals surface area contributed by atoms with Crippen molar-refractivity contribution in [3.05, 3.63) is 28.8 Å². The van der Waals surface area contributed by atoms with Crippen molar-refractivity contribution < 1.29 is 13.2 Å². The summed E-state index contributed by atoms with van der Waals surface area (Å²) in [6.45, 7) is 2.92. The minimum atomic E-state index is -3.34. The van der Waals surface area contributed by atoms with Crippen LogP contribution in [0.1, 0.15) is 12.0 Å². The molecular weight excluding hydrogens is 338 g/mol. The number of rotatable bonds is 8. The van der Waals surface area contributed by atoms with E-state index in [1.54, 1.807) is 18.2 Å². The molecule has 0 aliphatic carbocycles. The number of nitrogens with zero attached hydrogens (tertiary/aromatic N) is 2. The van der Waals surface area contributed by atoms with Crippen LogP contribution >= 0.6 is 11.6 Å². The Hall–Kier alpha value is -1.15. The van der Waals surface area contributed by atoms with E-state index in [2.05, 4.69) is 5.32 Å². The van der Waals surface area contributed by atoms with Crippen molar-refractivity contribution in [2.45, 2.75) is 13.3 Å². The third-order valence-corrected chi connectivity index (χ3v) is 5.11. The fourth-order valence-corrected chi connectivity index (χ4v) is 2.95. The van der Waals surface area contributed by atoms with E-state index in [9.17, 15) is 13.2 Å². The molecule has 0 aromatic heterocycles. The lowest BCUT2D eigenvalue weighted by molar-refractivity contribution is -0.116. The van der Waals surface area contributed by atoms with Crippen LogP contribution in [0.4, 0.5) is 5.69 Å². The first-order chi connectivity index (χ1) is 10.6. The quantitative estimate of drug-likeness (QED) is 0.766. The Morgan fingerprint density at radius 1 is 1.22 bits per heavy atom. The summed E-state index contributed by atoms with van der Waals surface area (Å²) in [4.78, 5) is 14.0. The minimum Gasteiger partial charge on any atom is -0.326 e. The highest BCUT2D eigenvalue weighted by Gasteiger charge is 2.18. The van der Waals surface area contributed by atoms with Gasteiger partial charge in [-0.05, 0) is 38.7 Å². The molecule has 23 heavy (non-hydrogen) atoms. The molecule has 0 heterocycles. The van der Waals surface area contributed by atoms with Gasteiger partial charge in [-0.2, -0.15) is 0 Å². The van der Waals surface area contributed by atoms with E-state index in [1.165, 1.54) is 4.31 Å². The van der Waals surface area contributed by atoms with Gasteiger partial charge in [0.05, 0.1) is 6.26 Å². The standard InChI is InChI=1S/C15H24ClN3O3S/c1-12-13(16)6-5-7-14(12)17-15(20)8-9-19(23(4,21)22)11-10-18(2)3/h5-7H,8-11H2,1-4H3,(H,17,20). The Morgan fingerprint density at radius 2 is 1.87 bits per heavy atom. The maximum Gasteiger partial charge on any atom is 0.225 e. The zero-order chi connectivity index (χ0) is 17.6. The van der Waals surface area contributed by atoms with E-state index in [1.807, 2.05) is 25.9 Å². The second-order valence-corrected chi connectivity index (χ2v) is 8.07. The molecule has 1 aromatic carbocycles. The zero-order valence-electron chi connectivity index (χ0n) is 14.0. The van der Waals surface area contributed by atoms with Gasteiger partial charge in [-0.25, -0.2) is 12.7 Å². The van der Waals surface area contributed by atoms with Gasteiger partial charge in [0.25, 0.3) is 0 Å². The van der Waals surface area contributed by atoms with Gasteiger partial charge < -0.3 is 10.2 Å². The average molecular weight is 362 g/mol. The molecule has 0 fully saturated rings. The summed E-state index contributed by atoms with van der Waals surface area (Å²) in [7, 11) is 0.402. The summed E-state index contributed by atoms with van der Waals surface area (Å²) in [5.74, 6) is -0.242. The number of halogens is 1. The van der Waals surface area contributed by atoms with Crippen molar-refractivity contribution >= 4 is 33.2 Å².